The second-order valence-electron chi connectivity index (χ2n) is 7.37. The van der Waals surface area contributed by atoms with Gasteiger partial charge in [0.2, 0.25) is 0 Å². The molecule has 0 atom stereocenters. The lowest BCUT2D eigenvalue weighted by Crippen LogP contribution is -2.18. The molecule has 0 bridgehead atoms. The molecular formula is C25H21BrN4O3. The SMILES string of the molecule is Cc1ccc(COc2ccc(-c3cc(C(=O)NN=Cc4cc(Br)ccc4O)[nH]n3)cc2)cc1. The lowest BCUT2D eigenvalue weighted by atomic mass is 10.1. The number of nitrogens with zero attached hydrogens (tertiary/aromatic N) is 2. The predicted molar refractivity (Wildman–Crippen MR) is 130 cm³/mol. The Labute approximate surface area is 199 Å². The van der Waals surface area contributed by atoms with E-state index in [9.17, 15) is 9.90 Å². The van der Waals surface area contributed by atoms with E-state index >= 15 is 0 Å². The fourth-order valence-corrected chi connectivity index (χ4v) is 3.39. The topological polar surface area (TPSA) is 99.6 Å². The van der Waals surface area contributed by atoms with Crippen LogP contribution in [0.3, 0.4) is 0 Å². The van der Waals surface area contributed by atoms with Crippen molar-refractivity contribution in [2.45, 2.75) is 13.5 Å². The zero-order valence-electron chi connectivity index (χ0n) is 17.7. The summed E-state index contributed by atoms with van der Waals surface area (Å²) >= 11 is 3.32. The fourth-order valence-electron chi connectivity index (χ4n) is 3.01. The summed E-state index contributed by atoms with van der Waals surface area (Å²) in [7, 11) is 0. The number of aromatic nitrogens is 2. The van der Waals surface area contributed by atoms with E-state index in [1.807, 2.05) is 36.4 Å². The molecule has 0 aliphatic heterocycles. The maximum absolute atomic E-state index is 12.3. The summed E-state index contributed by atoms with van der Waals surface area (Å²) < 4.78 is 6.62. The normalized spacial score (nSPS) is 11.0. The van der Waals surface area contributed by atoms with Crippen molar-refractivity contribution in [1.29, 1.82) is 0 Å². The van der Waals surface area contributed by atoms with E-state index in [1.165, 1.54) is 17.8 Å². The van der Waals surface area contributed by atoms with Crippen molar-refractivity contribution >= 4 is 28.1 Å². The molecule has 33 heavy (non-hydrogen) atoms. The predicted octanol–water partition coefficient (Wildman–Crippen LogP) is 5.20. The van der Waals surface area contributed by atoms with E-state index < -0.39 is 5.91 Å². The highest BCUT2D eigenvalue weighted by Crippen LogP contribution is 2.22. The smallest absolute Gasteiger partial charge is 0.289 e. The number of rotatable bonds is 7. The van der Waals surface area contributed by atoms with E-state index in [0.717, 1.165) is 21.3 Å². The van der Waals surface area contributed by atoms with Gasteiger partial charge in [-0.2, -0.15) is 10.2 Å². The molecule has 1 aromatic heterocycles. The van der Waals surface area contributed by atoms with E-state index in [4.69, 9.17) is 4.74 Å². The molecule has 3 N–H and O–H groups in total. The molecule has 7 nitrogen and oxygen atoms in total. The average Bonchev–Trinajstić information content (AvgIpc) is 3.32. The average molecular weight is 505 g/mol. The Morgan fingerprint density at radius 1 is 1.12 bits per heavy atom. The molecule has 1 amide bonds. The van der Waals surface area contributed by atoms with Crippen LogP contribution in [0.5, 0.6) is 11.5 Å². The number of benzene rings is 3. The number of phenolic OH excluding ortho intramolecular Hbond substituents is 1. The fraction of sp³-hybridized carbons (Fsp3) is 0.0800. The number of ether oxygens (including phenoxy) is 1. The quantitative estimate of drug-likeness (QED) is 0.238. The van der Waals surface area contributed by atoms with Crippen molar-refractivity contribution in [3.05, 3.63) is 99.7 Å². The van der Waals surface area contributed by atoms with Crippen molar-refractivity contribution in [1.82, 2.24) is 15.6 Å². The van der Waals surface area contributed by atoms with Gasteiger partial charge in [-0.25, -0.2) is 5.43 Å². The van der Waals surface area contributed by atoms with Crippen molar-refractivity contribution in [3.63, 3.8) is 0 Å². The molecule has 4 aromatic rings. The highest BCUT2D eigenvalue weighted by molar-refractivity contribution is 9.10. The van der Waals surface area contributed by atoms with Crippen LogP contribution in [-0.2, 0) is 6.61 Å². The van der Waals surface area contributed by atoms with Crippen LogP contribution in [0.25, 0.3) is 11.3 Å². The molecule has 8 heteroatoms. The third-order valence-electron chi connectivity index (χ3n) is 4.86. The number of nitrogens with one attached hydrogen (secondary N) is 2. The van der Waals surface area contributed by atoms with E-state index in [2.05, 4.69) is 55.7 Å². The van der Waals surface area contributed by atoms with Crippen molar-refractivity contribution < 1.29 is 14.6 Å². The second-order valence-corrected chi connectivity index (χ2v) is 8.28. The van der Waals surface area contributed by atoms with E-state index in [0.29, 0.717) is 17.9 Å². The van der Waals surface area contributed by atoms with Gasteiger partial charge in [0.05, 0.1) is 11.9 Å². The Morgan fingerprint density at radius 2 is 1.88 bits per heavy atom. The van der Waals surface area contributed by atoms with Gasteiger partial charge in [0.25, 0.3) is 5.91 Å². The summed E-state index contributed by atoms with van der Waals surface area (Å²) in [5.74, 6) is 0.363. The van der Waals surface area contributed by atoms with Crippen LogP contribution in [0.2, 0.25) is 0 Å². The van der Waals surface area contributed by atoms with Crippen LogP contribution in [-0.4, -0.2) is 27.4 Å². The lowest BCUT2D eigenvalue weighted by Gasteiger charge is -2.07. The van der Waals surface area contributed by atoms with Gasteiger partial charge in [-0.3, -0.25) is 9.89 Å². The Morgan fingerprint density at radius 3 is 2.64 bits per heavy atom. The highest BCUT2D eigenvalue weighted by Gasteiger charge is 2.11. The van der Waals surface area contributed by atoms with Gasteiger partial charge >= 0.3 is 0 Å². The standard InChI is InChI=1S/C25H21BrN4O3/c1-16-2-4-17(5-3-16)15-33-21-9-6-18(7-10-21)22-13-23(29-28-22)25(32)30-27-14-19-12-20(26)8-11-24(19)31/h2-14,31H,15H2,1H3,(H,28,29)(H,30,32). The minimum Gasteiger partial charge on any atom is -0.507 e. The minimum absolute atomic E-state index is 0.0614. The number of carbonyl (C=O) groups excluding carboxylic acids is 1. The molecule has 0 aliphatic rings. The number of hydrogen-bond donors (Lipinski definition) is 3. The molecule has 0 saturated heterocycles. The molecule has 0 saturated carbocycles. The molecule has 0 aliphatic carbocycles. The van der Waals surface area contributed by atoms with Gasteiger partial charge < -0.3 is 9.84 Å². The first-order valence-corrected chi connectivity index (χ1v) is 10.9. The maximum Gasteiger partial charge on any atom is 0.289 e. The number of phenols is 1. The molecule has 166 valence electrons. The third-order valence-corrected chi connectivity index (χ3v) is 5.35. The van der Waals surface area contributed by atoms with Crippen molar-refractivity contribution in [2.75, 3.05) is 0 Å². The van der Waals surface area contributed by atoms with Crippen LogP contribution in [0.4, 0.5) is 0 Å². The van der Waals surface area contributed by atoms with E-state index in [1.54, 1.807) is 18.2 Å². The number of hydrogen-bond acceptors (Lipinski definition) is 5. The zero-order chi connectivity index (χ0) is 23.2. The van der Waals surface area contributed by atoms with Crippen LogP contribution >= 0.6 is 15.9 Å². The summed E-state index contributed by atoms with van der Waals surface area (Å²) in [4.78, 5) is 12.3. The minimum atomic E-state index is -0.447. The van der Waals surface area contributed by atoms with Crippen molar-refractivity contribution in [3.8, 4) is 22.8 Å². The summed E-state index contributed by atoms with van der Waals surface area (Å²) in [6, 6.07) is 22.3. The van der Waals surface area contributed by atoms with Gasteiger partial charge in [-0.05, 0) is 61.0 Å². The van der Waals surface area contributed by atoms with E-state index in [-0.39, 0.29) is 11.4 Å². The van der Waals surface area contributed by atoms with Gasteiger partial charge in [0.15, 0.2) is 0 Å². The monoisotopic (exact) mass is 504 g/mol. The number of halogens is 1. The molecule has 0 unspecified atom stereocenters. The molecule has 0 spiro atoms. The molecule has 4 rings (SSSR count). The third kappa shape index (κ3) is 5.87. The number of H-pyrrole nitrogens is 1. The molecule has 0 radical (unpaired) electrons. The molecule has 0 fully saturated rings. The highest BCUT2D eigenvalue weighted by atomic mass is 79.9. The van der Waals surface area contributed by atoms with Gasteiger partial charge in [0, 0.05) is 15.6 Å². The Balaban J connectivity index is 1.35. The van der Waals surface area contributed by atoms with Gasteiger partial charge in [-0.15, -0.1) is 0 Å². The number of hydrazone groups is 1. The van der Waals surface area contributed by atoms with Crippen LogP contribution in [0.1, 0.15) is 27.2 Å². The first-order chi connectivity index (χ1) is 16.0. The number of amides is 1. The van der Waals surface area contributed by atoms with Crippen LogP contribution < -0.4 is 10.2 Å². The molecular weight excluding hydrogens is 484 g/mol. The number of carbonyl (C=O) groups is 1. The molecule has 3 aromatic carbocycles. The number of aromatic hydroxyl groups is 1. The number of aryl methyl sites for hydroxylation is 1. The summed E-state index contributed by atoms with van der Waals surface area (Å²) in [5, 5.41) is 20.6. The Hall–Kier alpha value is -3.91. The number of aromatic amines is 1. The van der Waals surface area contributed by atoms with Crippen molar-refractivity contribution in [2.24, 2.45) is 5.10 Å². The first kappa shape index (κ1) is 22.3. The Bertz CT molecular complexity index is 1280. The summed E-state index contributed by atoms with van der Waals surface area (Å²) in [6.45, 7) is 2.54. The van der Waals surface area contributed by atoms with Crippen LogP contribution in [0.15, 0.2) is 82.4 Å². The summed E-state index contributed by atoms with van der Waals surface area (Å²) in [6.07, 6.45) is 1.37. The second kappa shape index (κ2) is 10.1. The maximum atomic E-state index is 12.3. The van der Waals surface area contributed by atoms with Crippen LogP contribution in [0, 0.1) is 6.92 Å². The summed E-state index contributed by atoms with van der Waals surface area (Å²) in [5.41, 5.74) is 6.94. The van der Waals surface area contributed by atoms with Gasteiger partial charge in [-0.1, -0.05) is 45.8 Å². The van der Waals surface area contributed by atoms with Gasteiger partial charge in [0.1, 0.15) is 23.8 Å². The first-order valence-electron chi connectivity index (χ1n) is 10.1. The lowest BCUT2D eigenvalue weighted by molar-refractivity contribution is 0.0950. The molecule has 1 heterocycles. The largest absolute Gasteiger partial charge is 0.507 e. The zero-order valence-corrected chi connectivity index (χ0v) is 19.3. The Kier molecular flexibility index (Phi) is 6.85.